The van der Waals surface area contributed by atoms with Gasteiger partial charge in [-0.15, -0.1) is 0 Å². The average Bonchev–Trinajstić information content (AvgIpc) is 3.07. The highest BCUT2D eigenvalue weighted by atomic mass is 32.2. The van der Waals surface area contributed by atoms with Crippen molar-refractivity contribution < 1.29 is 13.9 Å². The van der Waals surface area contributed by atoms with Crippen LogP contribution in [-0.4, -0.2) is 76.1 Å². The number of ether oxygens (including phenoxy) is 1. The van der Waals surface area contributed by atoms with Crippen molar-refractivity contribution in [2.24, 2.45) is 0 Å². The lowest BCUT2D eigenvalue weighted by molar-refractivity contribution is 0.00764. The number of amides is 1. The predicted octanol–water partition coefficient (Wildman–Crippen LogP) is 3.15. The summed E-state index contributed by atoms with van der Waals surface area (Å²) in [7, 11) is 0. The van der Waals surface area contributed by atoms with E-state index in [-0.39, 0.29) is 6.09 Å². The predicted molar refractivity (Wildman–Crippen MR) is 117 cm³/mol. The molecule has 2 aromatic rings. The van der Waals surface area contributed by atoms with Crippen LogP contribution in [0.15, 0.2) is 32.3 Å². The Bertz CT molecular complexity index is 934. The number of carbonyl (C=O) groups excluding carboxylic acids is 1. The van der Waals surface area contributed by atoms with Crippen LogP contribution in [-0.2, 0) is 4.74 Å². The third-order valence-electron chi connectivity index (χ3n) is 5.53. The molecule has 0 aliphatic carbocycles. The Labute approximate surface area is 180 Å². The number of hydrogen-bond acceptors (Lipinski definition) is 7. The number of aromatic amines is 1. The van der Waals surface area contributed by atoms with Crippen molar-refractivity contribution >= 4 is 29.1 Å². The van der Waals surface area contributed by atoms with E-state index in [2.05, 4.69) is 14.2 Å². The first-order valence-corrected chi connectivity index (χ1v) is 11.3. The van der Waals surface area contributed by atoms with Crippen LogP contribution in [0.25, 0.3) is 11.1 Å². The van der Waals surface area contributed by atoms with E-state index >= 15 is 0 Å². The molecule has 0 spiro atoms. The number of hydrogen-bond donors (Lipinski definition) is 1. The molecule has 0 atom stereocenters. The molecule has 164 valence electrons. The van der Waals surface area contributed by atoms with Crippen LogP contribution < -0.4 is 5.76 Å². The highest BCUT2D eigenvalue weighted by Crippen LogP contribution is 2.29. The van der Waals surface area contributed by atoms with E-state index in [4.69, 9.17) is 9.15 Å². The fraction of sp³-hybridized carbons (Fsp3) is 0.619. The van der Waals surface area contributed by atoms with Crippen molar-refractivity contribution in [3.05, 3.63) is 28.7 Å². The van der Waals surface area contributed by atoms with Crippen molar-refractivity contribution in [3.8, 4) is 0 Å². The Hall–Kier alpha value is -1.97. The van der Waals surface area contributed by atoms with Gasteiger partial charge in [-0.3, -0.25) is 9.88 Å². The maximum atomic E-state index is 12.2. The normalized spacial score (nSPS) is 20.0. The fourth-order valence-electron chi connectivity index (χ4n) is 4.03. The number of H-pyrrole nitrogens is 1. The smallest absolute Gasteiger partial charge is 0.417 e. The molecule has 1 amide bonds. The quantitative estimate of drug-likeness (QED) is 0.743. The van der Waals surface area contributed by atoms with Gasteiger partial charge in [-0.25, -0.2) is 13.9 Å². The van der Waals surface area contributed by atoms with Gasteiger partial charge in [0.25, 0.3) is 0 Å². The zero-order chi connectivity index (χ0) is 21.3. The van der Waals surface area contributed by atoms with Gasteiger partial charge < -0.3 is 14.1 Å². The van der Waals surface area contributed by atoms with Crippen LogP contribution in [0.3, 0.4) is 0 Å². The van der Waals surface area contributed by atoms with Gasteiger partial charge in [0.1, 0.15) is 5.60 Å². The molecule has 2 aliphatic rings. The Morgan fingerprint density at radius 3 is 2.50 bits per heavy atom. The van der Waals surface area contributed by atoms with Gasteiger partial charge in [0.15, 0.2) is 5.58 Å². The van der Waals surface area contributed by atoms with E-state index in [9.17, 15) is 9.59 Å². The molecule has 0 saturated carbocycles. The van der Waals surface area contributed by atoms with Gasteiger partial charge in [0.2, 0.25) is 0 Å². The highest BCUT2D eigenvalue weighted by molar-refractivity contribution is 7.97. The zero-order valence-electron chi connectivity index (χ0n) is 17.8. The number of nitrogens with one attached hydrogen (secondary N) is 1. The van der Waals surface area contributed by atoms with Crippen molar-refractivity contribution in [1.82, 2.24) is 19.1 Å². The SMILES string of the molecule is CC(C)(C)OC(=O)N1CCN(C2CCN(Sc3ccc4[nH]c(=O)oc4c3)CC2)CC1. The molecule has 1 aromatic heterocycles. The molecule has 1 aromatic carbocycles. The summed E-state index contributed by atoms with van der Waals surface area (Å²) in [5, 5.41) is 0. The van der Waals surface area contributed by atoms with Crippen molar-refractivity contribution in [3.63, 3.8) is 0 Å². The minimum atomic E-state index is -0.449. The minimum Gasteiger partial charge on any atom is -0.444 e. The summed E-state index contributed by atoms with van der Waals surface area (Å²) in [5.41, 5.74) is 0.881. The number of fused-ring (bicyclic) bond motifs is 1. The second kappa shape index (κ2) is 8.64. The second-order valence-electron chi connectivity index (χ2n) is 8.93. The lowest BCUT2D eigenvalue weighted by Gasteiger charge is -2.42. The summed E-state index contributed by atoms with van der Waals surface area (Å²) in [6.07, 6.45) is 2.02. The first kappa shape index (κ1) is 21.3. The van der Waals surface area contributed by atoms with Gasteiger partial charge in [-0.1, -0.05) is 0 Å². The summed E-state index contributed by atoms with van der Waals surface area (Å²) in [4.78, 5) is 31.7. The molecule has 0 unspecified atom stereocenters. The number of nitrogens with zero attached hydrogens (tertiary/aromatic N) is 3. The number of aromatic nitrogens is 1. The van der Waals surface area contributed by atoms with E-state index in [0.29, 0.717) is 11.6 Å². The van der Waals surface area contributed by atoms with E-state index < -0.39 is 11.4 Å². The van der Waals surface area contributed by atoms with Gasteiger partial charge in [0, 0.05) is 50.2 Å². The van der Waals surface area contributed by atoms with Crippen LogP contribution in [0.1, 0.15) is 33.6 Å². The molecule has 0 radical (unpaired) electrons. The van der Waals surface area contributed by atoms with Crippen LogP contribution in [0.2, 0.25) is 0 Å². The molecule has 4 rings (SSSR count). The summed E-state index contributed by atoms with van der Waals surface area (Å²) in [6, 6.07) is 6.38. The molecule has 8 nitrogen and oxygen atoms in total. The van der Waals surface area contributed by atoms with Crippen LogP contribution in [0, 0.1) is 0 Å². The molecule has 2 fully saturated rings. The van der Waals surface area contributed by atoms with Gasteiger partial charge in [-0.2, -0.15) is 0 Å². The lowest BCUT2D eigenvalue weighted by Crippen LogP contribution is -2.54. The summed E-state index contributed by atoms with van der Waals surface area (Å²) < 4.78 is 13.0. The van der Waals surface area contributed by atoms with Gasteiger partial charge in [0.05, 0.1) is 5.52 Å². The Morgan fingerprint density at radius 1 is 1.13 bits per heavy atom. The number of carbonyl (C=O) groups is 1. The van der Waals surface area contributed by atoms with Crippen molar-refractivity contribution in [1.29, 1.82) is 0 Å². The summed E-state index contributed by atoms with van der Waals surface area (Å²) in [6.45, 7) is 11.0. The van der Waals surface area contributed by atoms with E-state index in [1.807, 2.05) is 43.9 Å². The third-order valence-corrected chi connectivity index (χ3v) is 6.62. The maximum Gasteiger partial charge on any atom is 0.417 e. The Balaban J connectivity index is 1.24. The topological polar surface area (TPSA) is 82.0 Å². The first-order valence-electron chi connectivity index (χ1n) is 10.5. The lowest BCUT2D eigenvalue weighted by atomic mass is 10.0. The molecule has 2 saturated heterocycles. The van der Waals surface area contributed by atoms with E-state index in [0.717, 1.165) is 62.5 Å². The summed E-state index contributed by atoms with van der Waals surface area (Å²) >= 11 is 1.72. The molecule has 9 heteroatoms. The number of benzene rings is 1. The van der Waals surface area contributed by atoms with Gasteiger partial charge >= 0.3 is 11.8 Å². The zero-order valence-corrected chi connectivity index (χ0v) is 18.7. The molecule has 1 N–H and O–H groups in total. The third kappa shape index (κ3) is 5.19. The minimum absolute atomic E-state index is 0.205. The highest BCUT2D eigenvalue weighted by Gasteiger charge is 2.30. The Morgan fingerprint density at radius 2 is 1.83 bits per heavy atom. The standard InChI is InChI=1S/C21H30N4O4S/c1-21(2,3)29-20(27)24-12-10-23(11-13-24)15-6-8-25(9-7-15)30-16-4-5-17-18(14-16)28-19(26)22-17/h4-5,14-15H,6-13H2,1-3H3,(H,22,26). The van der Waals surface area contributed by atoms with E-state index in [1.165, 1.54) is 0 Å². The maximum absolute atomic E-state index is 12.2. The molecule has 3 heterocycles. The number of piperidine rings is 1. The molecule has 0 bridgehead atoms. The second-order valence-corrected chi connectivity index (χ2v) is 10.1. The monoisotopic (exact) mass is 434 g/mol. The fourth-order valence-corrected chi connectivity index (χ4v) is 5.01. The van der Waals surface area contributed by atoms with Crippen molar-refractivity contribution in [2.45, 2.75) is 50.2 Å². The molecule has 30 heavy (non-hydrogen) atoms. The van der Waals surface area contributed by atoms with Crippen LogP contribution in [0.4, 0.5) is 4.79 Å². The largest absolute Gasteiger partial charge is 0.444 e. The molecular formula is C21H30N4O4S. The van der Waals surface area contributed by atoms with Gasteiger partial charge in [-0.05, 0) is 63.8 Å². The number of oxazole rings is 1. The molecule has 2 aliphatic heterocycles. The number of rotatable bonds is 3. The average molecular weight is 435 g/mol. The van der Waals surface area contributed by atoms with E-state index in [1.54, 1.807) is 11.9 Å². The van der Waals surface area contributed by atoms with Crippen LogP contribution >= 0.6 is 11.9 Å². The van der Waals surface area contributed by atoms with Crippen molar-refractivity contribution in [2.75, 3.05) is 39.3 Å². The first-order chi connectivity index (χ1) is 14.3. The summed E-state index contributed by atoms with van der Waals surface area (Å²) in [5.74, 6) is -0.417. The Kier molecular flexibility index (Phi) is 6.13. The number of piperazine rings is 1. The molecular weight excluding hydrogens is 404 g/mol. The van der Waals surface area contributed by atoms with Crippen LogP contribution in [0.5, 0.6) is 0 Å².